The summed E-state index contributed by atoms with van der Waals surface area (Å²) in [6.45, 7) is 0. The summed E-state index contributed by atoms with van der Waals surface area (Å²) in [6.07, 6.45) is -0.0122. The molecule has 0 unspecified atom stereocenters. The lowest BCUT2D eigenvalue weighted by atomic mass is 9.71. The highest BCUT2D eigenvalue weighted by molar-refractivity contribution is 7.99. The van der Waals surface area contributed by atoms with Gasteiger partial charge in [-0.2, -0.15) is 0 Å². The molecule has 2 atom stereocenters. The molecule has 10 heteroatoms. The van der Waals surface area contributed by atoms with Gasteiger partial charge in [0.25, 0.3) is 0 Å². The first-order chi connectivity index (χ1) is 15.8. The third-order valence-corrected chi connectivity index (χ3v) is 8.44. The number of imide groups is 1. The number of rotatable bonds is 4. The quantitative estimate of drug-likeness (QED) is 0.548. The van der Waals surface area contributed by atoms with Crippen LogP contribution in [0.2, 0.25) is 0 Å². The van der Waals surface area contributed by atoms with Crippen molar-refractivity contribution in [3.8, 4) is 5.75 Å². The Morgan fingerprint density at radius 1 is 1.12 bits per heavy atom. The molecular weight excluding hydrogens is 464 g/mol. The summed E-state index contributed by atoms with van der Waals surface area (Å²) in [7, 11) is 1.57. The molecular formula is C23H18N2O6S2. The minimum atomic E-state index is -1.09. The Morgan fingerprint density at radius 3 is 2.45 bits per heavy atom. The van der Waals surface area contributed by atoms with Gasteiger partial charge in [0.05, 0.1) is 28.8 Å². The van der Waals surface area contributed by atoms with Gasteiger partial charge in [-0.1, -0.05) is 23.5 Å². The molecule has 168 valence electrons. The van der Waals surface area contributed by atoms with Crippen molar-refractivity contribution in [1.82, 2.24) is 4.98 Å². The molecule has 2 amide bonds. The van der Waals surface area contributed by atoms with Crippen LogP contribution in [0.1, 0.15) is 33.1 Å². The zero-order valence-corrected chi connectivity index (χ0v) is 19.0. The highest BCUT2D eigenvalue weighted by Crippen LogP contribution is 2.57. The van der Waals surface area contributed by atoms with Crippen LogP contribution in [0.25, 0.3) is 0 Å². The number of carboxylic acid groups (broad SMARTS) is 1. The minimum absolute atomic E-state index is 0.0122. The molecule has 5 rings (SSSR count). The van der Waals surface area contributed by atoms with Gasteiger partial charge in [0.2, 0.25) is 11.8 Å². The number of H-pyrrole nitrogens is 1. The average molecular weight is 483 g/mol. The van der Waals surface area contributed by atoms with Crippen LogP contribution in [0.4, 0.5) is 5.69 Å². The Labute approximate surface area is 196 Å². The van der Waals surface area contributed by atoms with Crippen molar-refractivity contribution in [2.75, 3.05) is 17.8 Å². The van der Waals surface area contributed by atoms with Crippen molar-refractivity contribution in [3.05, 3.63) is 74.2 Å². The monoisotopic (exact) mass is 482 g/mol. The van der Waals surface area contributed by atoms with Crippen LogP contribution in [0.3, 0.4) is 0 Å². The van der Waals surface area contributed by atoms with E-state index in [0.29, 0.717) is 17.2 Å². The second-order valence-corrected chi connectivity index (χ2v) is 9.92. The van der Waals surface area contributed by atoms with Crippen molar-refractivity contribution >= 4 is 46.6 Å². The molecule has 2 aliphatic rings. The third-order valence-electron chi connectivity index (χ3n) is 6.10. The SMILES string of the molecule is COc1ccc([C@H]2c3sc(=O)[nH]c3SC[C@]23CC(=O)N(c2ccc(C(=O)O)cc2)C3=O)cc1. The van der Waals surface area contributed by atoms with E-state index in [9.17, 15) is 19.2 Å². The zero-order chi connectivity index (χ0) is 23.3. The number of fused-ring (bicyclic) bond motifs is 1. The fraction of sp³-hybridized carbons (Fsp3) is 0.217. The maximum Gasteiger partial charge on any atom is 0.335 e. The average Bonchev–Trinajstić information content (AvgIpc) is 3.30. The van der Waals surface area contributed by atoms with Crippen molar-refractivity contribution in [2.45, 2.75) is 17.4 Å². The maximum atomic E-state index is 13.9. The fourth-order valence-electron chi connectivity index (χ4n) is 4.54. The summed E-state index contributed by atoms with van der Waals surface area (Å²) in [6, 6.07) is 13.0. The molecule has 0 bridgehead atoms. The van der Waals surface area contributed by atoms with E-state index in [-0.39, 0.29) is 28.7 Å². The van der Waals surface area contributed by atoms with Gasteiger partial charge >= 0.3 is 10.8 Å². The van der Waals surface area contributed by atoms with E-state index in [2.05, 4.69) is 4.98 Å². The van der Waals surface area contributed by atoms with Crippen molar-refractivity contribution in [2.24, 2.45) is 5.41 Å². The van der Waals surface area contributed by atoms with Crippen LogP contribution in [0.15, 0.2) is 58.4 Å². The maximum absolute atomic E-state index is 13.9. The largest absolute Gasteiger partial charge is 0.497 e. The van der Waals surface area contributed by atoms with E-state index < -0.39 is 17.3 Å². The number of ether oxygens (including phenoxy) is 1. The molecule has 1 aromatic heterocycles. The Hall–Kier alpha value is -3.37. The highest BCUT2D eigenvalue weighted by atomic mass is 32.2. The summed E-state index contributed by atoms with van der Waals surface area (Å²) in [4.78, 5) is 54.9. The number of benzene rings is 2. The molecule has 2 N–H and O–H groups in total. The minimum Gasteiger partial charge on any atom is -0.497 e. The number of hydrogen-bond acceptors (Lipinski definition) is 7. The molecule has 2 aliphatic heterocycles. The first-order valence-corrected chi connectivity index (χ1v) is 11.8. The number of aromatic carboxylic acids is 1. The molecule has 2 aromatic carbocycles. The van der Waals surface area contributed by atoms with Gasteiger partial charge in [-0.15, -0.1) is 11.8 Å². The Morgan fingerprint density at radius 2 is 1.82 bits per heavy atom. The van der Waals surface area contributed by atoms with Crippen LogP contribution < -0.4 is 14.5 Å². The fourth-order valence-corrected chi connectivity index (χ4v) is 7.10. The number of carboxylic acids is 1. The third kappa shape index (κ3) is 3.37. The van der Waals surface area contributed by atoms with Crippen molar-refractivity contribution < 1.29 is 24.2 Å². The van der Waals surface area contributed by atoms with E-state index in [4.69, 9.17) is 9.84 Å². The van der Waals surface area contributed by atoms with E-state index in [1.807, 2.05) is 12.1 Å². The molecule has 0 aliphatic carbocycles. The van der Waals surface area contributed by atoms with E-state index in [1.54, 1.807) is 19.2 Å². The number of carbonyl (C=O) groups is 3. The number of anilines is 1. The predicted molar refractivity (Wildman–Crippen MR) is 123 cm³/mol. The number of nitrogens with zero attached hydrogens (tertiary/aromatic N) is 1. The Bertz CT molecular complexity index is 1330. The standard InChI is InChI=1S/C23H18N2O6S2/c1-31-15-8-4-12(5-9-15)17-18-19(24-22(30)33-18)32-11-23(17)10-16(26)25(21(23)29)14-6-2-13(3-7-14)20(27)28/h2-9,17H,10-11H2,1H3,(H,24,30)(H,27,28)/t17-,23+/m0/s1. The molecule has 0 radical (unpaired) electrons. The molecule has 8 nitrogen and oxygen atoms in total. The topological polar surface area (TPSA) is 117 Å². The number of hydrogen-bond donors (Lipinski definition) is 2. The molecule has 1 spiro atoms. The molecule has 0 saturated carbocycles. The summed E-state index contributed by atoms with van der Waals surface area (Å²) < 4.78 is 5.26. The van der Waals surface area contributed by atoms with E-state index >= 15 is 0 Å². The van der Waals surface area contributed by atoms with Crippen LogP contribution in [0, 0.1) is 5.41 Å². The summed E-state index contributed by atoms with van der Waals surface area (Å²) in [5.74, 6) is -1.28. The normalized spacial score (nSPS) is 22.0. The smallest absolute Gasteiger partial charge is 0.335 e. The van der Waals surface area contributed by atoms with Crippen molar-refractivity contribution in [1.29, 1.82) is 0 Å². The predicted octanol–water partition coefficient (Wildman–Crippen LogP) is 3.33. The highest BCUT2D eigenvalue weighted by Gasteiger charge is 2.59. The summed E-state index contributed by atoms with van der Waals surface area (Å²) in [5, 5.41) is 9.87. The number of methoxy groups -OCH3 is 1. The molecule has 1 saturated heterocycles. The van der Waals surface area contributed by atoms with Gasteiger partial charge in [-0.3, -0.25) is 14.4 Å². The van der Waals surface area contributed by atoms with Gasteiger partial charge in [-0.25, -0.2) is 9.69 Å². The van der Waals surface area contributed by atoms with Crippen LogP contribution in [0.5, 0.6) is 5.75 Å². The number of nitrogens with one attached hydrogen (secondary N) is 1. The number of thioether (sulfide) groups is 1. The number of thiazole rings is 1. The van der Waals surface area contributed by atoms with Crippen LogP contribution >= 0.6 is 23.1 Å². The lowest BCUT2D eigenvalue weighted by Crippen LogP contribution is -2.43. The summed E-state index contributed by atoms with van der Waals surface area (Å²) in [5.41, 5.74) is 0.147. The first-order valence-electron chi connectivity index (χ1n) is 10.0. The van der Waals surface area contributed by atoms with Crippen LogP contribution in [-0.4, -0.2) is 40.7 Å². The van der Waals surface area contributed by atoms with Gasteiger partial charge in [0, 0.05) is 23.0 Å². The van der Waals surface area contributed by atoms with Gasteiger partial charge in [0.1, 0.15) is 5.75 Å². The molecule has 3 aromatic rings. The van der Waals surface area contributed by atoms with Gasteiger partial charge < -0.3 is 14.8 Å². The van der Waals surface area contributed by atoms with Gasteiger partial charge in [-0.05, 0) is 42.0 Å². The van der Waals surface area contributed by atoms with E-state index in [0.717, 1.165) is 31.7 Å². The second kappa shape index (κ2) is 7.89. The zero-order valence-electron chi connectivity index (χ0n) is 17.4. The number of carbonyl (C=O) groups excluding carboxylic acids is 2. The Kier molecular flexibility index (Phi) is 5.13. The lowest BCUT2D eigenvalue weighted by Gasteiger charge is -2.38. The molecule has 33 heavy (non-hydrogen) atoms. The Balaban J connectivity index is 1.61. The lowest BCUT2D eigenvalue weighted by molar-refractivity contribution is -0.125. The van der Waals surface area contributed by atoms with Crippen LogP contribution in [-0.2, 0) is 9.59 Å². The number of aromatic nitrogens is 1. The number of aromatic amines is 1. The molecule has 1 fully saturated rings. The van der Waals surface area contributed by atoms with E-state index in [1.165, 1.54) is 36.0 Å². The van der Waals surface area contributed by atoms with Crippen molar-refractivity contribution in [3.63, 3.8) is 0 Å². The first kappa shape index (κ1) is 21.5. The number of amides is 2. The molecule has 3 heterocycles. The second-order valence-electron chi connectivity index (χ2n) is 7.92. The summed E-state index contributed by atoms with van der Waals surface area (Å²) >= 11 is 2.43. The van der Waals surface area contributed by atoms with Gasteiger partial charge in [0.15, 0.2) is 0 Å².